The van der Waals surface area contributed by atoms with Crippen LogP contribution >= 0.6 is 0 Å². The van der Waals surface area contributed by atoms with Crippen molar-refractivity contribution in [2.24, 2.45) is 5.73 Å². The summed E-state index contributed by atoms with van der Waals surface area (Å²) in [5, 5.41) is 3.98. The summed E-state index contributed by atoms with van der Waals surface area (Å²) < 4.78 is 10.8. The van der Waals surface area contributed by atoms with E-state index in [1.54, 1.807) is 0 Å². The predicted molar refractivity (Wildman–Crippen MR) is 63.4 cm³/mol. The lowest BCUT2D eigenvalue weighted by molar-refractivity contribution is 0.0518. The number of nitrogens with zero attached hydrogens (tertiary/aromatic N) is 2. The fourth-order valence-electron chi connectivity index (χ4n) is 2.16. The van der Waals surface area contributed by atoms with Gasteiger partial charge in [0.2, 0.25) is 11.7 Å². The van der Waals surface area contributed by atoms with Crippen LogP contribution in [0.1, 0.15) is 57.3 Å². The number of hydrogen-bond donors (Lipinski definition) is 1. The summed E-state index contributed by atoms with van der Waals surface area (Å²) in [5.41, 5.74) is 6.04. The van der Waals surface area contributed by atoms with Crippen LogP contribution in [0.2, 0.25) is 0 Å². The second-order valence-corrected chi connectivity index (χ2v) is 4.79. The van der Waals surface area contributed by atoms with E-state index in [9.17, 15) is 0 Å². The van der Waals surface area contributed by atoms with Crippen LogP contribution in [-0.4, -0.2) is 22.3 Å². The van der Waals surface area contributed by atoms with Crippen LogP contribution in [0.25, 0.3) is 0 Å². The van der Waals surface area contributed by atoms with E-state index < -0.39 is 0 Å². The minimum Gasteiger partial charge on any atom is -0.370 e. The maximum Gasteiger partial charge on any atom is 0.228 e. The number of nitrogens with two attached hydrogens (primary N) is 1. The Morgan fingerprint density at radius 1 is 1.47 bits per heavy atom. The van der Waals surface area contributed by atoms with Gasteiger partial charge in [-0.05, 0) is 32.6 Å². The first-order chi connectivity index (χ1) is 8.17. The Labute approximate surface area is 102 Å². The predicted octanol–water partition coefficient (Wildman–Crippen LogP) is 1.98. The van der Waals surface area contributed by atoms with Crippen molar-refractivity contribution in [2.75, 3.05) is 6.61 Å². The third-order valence-electron chi connectivity index (χ3n) is 3.36. The van der Waals surface area contributed by atoms with Gasteiger partial charge in [-0.15, -0.1) is 0 Å². The molecule has 2 rings (SSSR count). The summed E-state index contributed by atoms with van der Waals surface area (Å²) in [5.74, 6) is 1.28. The average Bonchev–Trinajstić information content (AvgIpc) is 2.72. The molecule has 0 spiro atoms. The van der Waals surface area contributed by atoms with Crippen LogP contribution < -0.4 is 5.73 Å². The van der Waals surface area contributed by atoms with Gasteiger partial charge in [0.15, 0.2) is 0 Å². The molecule has 1 unspecified atom stereocenters. The number of hydrogen-bond acceptors (Lipinski definition) is 5. The lowest BCUT2D eigenvalue weighted by atomic mass is 9.75. The Bertz CT molecular complexity index is 360. The maximum atomic E-state index is 6.15. The third kappa shape index (κ3) is 2.84. The molecule has 0 aliphatic heterocycles. The molecule has 0 aromatic carbocycles. The molecule has 1 saturated carbocycles. The van der Waals surface area contributed by atoms with E-state index in [-0.39, 0.29) is 11.6 Å². The van der Waals surface area contributed by atoms with E-state index in [4.69, 9.17) is 15.0 Å². The molecule has 1 aliphatic carbocycles. The van der Waals surface area contributed by atoms with Gasteiger partial charge < -0.3 is 15.0 Å². The largest absolute Gasteiger partial charge is 0.370 e. The smallest absolute Gasteiger partial charge is 0.228 e. The lowest BCUT2D eigenvalue weighted by Crippen LogP contribution is -2.48. The number of rotatable bonds is 6. The van der Waals surface area contributed by atoms with Gasteiger partial charge in [0.25, 0.3) is 0 Å². The Hall–Kier alpha value is -0.940. The molecule has 0 saturated heterocycles. The molecular weight excluding hydrogens is 218 g/mol. The summed E-state index contributed by atoms with van der Waals surface area (Å²) >= 11 is 0. The van der Waals surface area contributed by atoms with Crippen molar-refractivity contribution in [3.05, 3.63) is 11.7 Å². The van der Waals surface area contributed by atoms with E-state index in [0.717, 1.165) is 19.3 Å². The number of aromatic nitrogens is 2. The van der Waals surface area contributed by atoms with E-state index in [2.05, 4.69) is 10.1 Å². The van der Waals surface area contributed by atoms with Gasteiger partial charge in [-0.2, -0.15) is 4.98 Å². The van der Waals surface area contributed by atoms with E-state index in [1.165, 1.54) is 6.42 Å². The molecule has 17 heavy (non-hydrogen) atoms. The topological polar surface area (TPSA) is 74.2 Å². The summed E-state index contributed by atoms with van der Waals surface area (Å²) in [6.45, 7) is 4.67. The number of ether oxygens (including phenoxy) is 1. The Kier molecular flexibility index (Phi) is 3.79. The monoisotopic (exact) mass is 239 g/mol. The van der Waals surface area contributed by atoms with Crippen molar-refractivity contribution in [2.45, 2.75) is 57.6 Å². The maximum absolute atomic E-state index is 6.15. The van der Waals surface area contributed by atoms with Gasteiger partial charge in [-0.3, -0.25) is 0 Å². The molecule has 0 bridgehead atoms. The first-order valence-electron chi connectivity index (χ1n) is 6.40. The quantitative estimate of drug-likeness (QED) is 0.821. The summed E-state index contributed by atoms with van der Waals surface area (Å²) in [7, 11) is 0. The van der Waals surface area contributed by atoms with Gasteiger partial charge in [-0.1, -0.05) is 12.1 Å². The molecule has 0 amide bonds. The van der Waals surface area contributed by atoms with Crippen molar-refractivity contribution in [3.63, 3.8) is 0 Å². The highest BCUT2D eigenvalue weighted by Crippen LogP contribution is 2.32. The average molecular weight is 239 g/mol. The highest BCUT2D eigenvalue weighted by Gasteiger charge is 2.34. The van der Waals surface area contributed by atoms with Crippen LogP contribution in [0, 0.1) is 0 Å². The molecule has 1 fully saturated rings. The minimum atomic E-state index is -0.114. The fraction of sp³-hybridized carbons (Fsp3) is 0.833. The van der Waals surface area contributed by atoms with Crippen LogP contribution in [0.5, 0.6) is 0 Å². The Morgan fingerprint density at radius 2 is 2.24 bits per heavy atom. The Morgan fingerprint density at radius 3 is 2.76 bits per heavy atom. The van der Waals surface area contributed by atoms with Crippen molar-refractivity contribution >= 4 is 0 Å². The van der Waals surface area contributed by atoms with Gasteiger partial charge >= 0.3 is 0 Å². The Balaban J connectivity index is 1.99. The highest BCUT2D eigenvalue weighted by atomic mass is 16.5. The molecule has 1 heterocycles. The van der Waals surface area contributed by atoms with Crippen molar-refractivity contribution in [1.29, 1.82) is 0 Å². The fourth-order valence-corrected chi connectivity index (χ4v) is 2.16. The van der Waals surface area contributed by atoms with E-state index in [1.807, 2.05) is 13.8 Å². The van der Waals surface area contributed by atoms with Gasteiger partial charge in [0, 0.05) is 18.6 Å². The van der Waals surface area contributed by atoms with Crippen molar-refractivity contribution < 1.29 is 9.26 Å². The van der Waals surface area contributed by atoms with Crippen molar-refractivity contribution in [3.8, 4) is 0 Å². The van der Waals surface area contributed by atoms with Crippen LogP contribution in [0.15, 0.2) is 4.52 Å². The van der Waals surface area contributed by atoms with Gasteiger partial charge in [0.1, 0.15) is 6.10 Å². The molecular formula is C12H21N3O2. The molecule has 96 valence electrons. The molecule has 1 aliphatic rings. The molecule has 1 aromatic rings. The van der Waals surface area contributed by atoms with Crippen LogP contribution in [-0.2, 0) is 11.2 Å². The third-order valence-corrected chi connectivity index (χ3v) is 3.36. The highest BCUT2D eigenvalue weighted by molar-refractivity contribution is 5.01. The second kappa shape index (κ2) is 5.14. The summed E-state index contributed by atoms with van der Waals surface area (Å²) in [6, 6.07) is 0. The summed E-state index contributed by atoms with van der Waals surface area (Å²) in [4.78, 5) is 4.38. The molecule has 1 atom stereocenters. The second-order valence-electron chi connectivity index (χ2n) is 4.79. The SMILES string of the molecule is CCOC(CC)c1noc(CC2(N)CCC2)n1. The van der Waals surface area contributed by atoms with E-state index in [0.29, 0.717) is 24.7 Å². The first kappa shape index (κ1) is 12.5. The van der Waals surface area contributed by atoms with Gasteiger partial charge in [0.05, 0.1) is 0 Å². The lowest BCUT2D eigenvalue weighted by Gasteiger charge is -2.36. The minimum absolute atomic E-state index is 0.0624. The molecule has 0 radical (unpaired) electrons. The normalized spacial score (nSPS) is 19.9. The zero-order valence-electron chi connectivity index (χ0n) is 10.6. The van der Waals surface area contributed by atoms with Crippen molar-refractivity contribution in [1.82, 2.24) is 10.1 Å². The molecule has 1 aromatic heterocycles. The molecule has 2 N–H and O–H groups in total. The first-order valence-corrected chi connectivity index (χ1v) is 6.40. The standard InChI is InChI=1S/C12H21N3O2/c1-3-9(16-4-2)11-14-10(17-15-11)8-12(13)6-5-7-12/h9H,3-8,13H2,1-2H3. The van der Waals surface area contributed by atoms with Crippen LogP contribution in [0.4, 0.5) is 0 Å². The van der Waals surface area contributed by atoms with E-state index >= 15 is 0 Å². The summed E-state index contributed by atoms with van der Waals surface area (Å²) in [6.07, 6.45) is 4.77. The van der Waals surface area contributed by atoms with Gasteiger partial charge in [-0.25, -0.2) is 0 Å². The molecule has 5 nitrogen and oxygen atoms in total. The van der Waals surface area contributed by atoms with Crippen LogP contribution in [0.3, 0.4) is 0 Å². The zero-order chi connectivity index (χ0) is 12.3. The zero-order valence-corrected chi connectivity index (χ0v) is 10.6. The molecule has 5 heteroatoms.